The number of alkyl halides is 2. The topological polar surface area (TPSA) is 95.9 Å². The number of likely N-dealkylation sites (tertiary alicyclic amines) is 1. The van der Waals surface area contributed by atoms with E-state index in [0.29, 0.717) is 4.90 Å². The summed E-state index contributed by atoms with van der Waals surface area (Å²) in [6.07, 6.45) is -1.83. The van der Waals surface area contributed by atoms with Gasteiger partial charge in [0.2, 0.25) is 5.91 Å². The number of alkyl carbamates (subject to hydrolysis) is 1. The van der Waals surface area contributed by atoms with Crippen molar-refractivity contribution in [2.24, 2.45) is 0 Å². The van der Waals surface area contributed by atoms with Crippen molar-refractivity contribution in [3.63, 3.8) is 0 Å². The van der Waals surface area contributed by atoms with E-state index in [1.807, 2.05) is 48.5 Å². The molecule has 0 unspecified atom stereocenters. The summed E-state index contributed by atoms with van der Waals surface area (Å²) in [7, 11) is 0. The summed E-state index contributed by atoms with van der Waals surface area (Å²) >= 11 is 0. The molecule has 1 atom stereocenters. The molecule has 1 aliphatic carbocycles. The quantitative estimate of drug-likeness (QED) is 0.761. The van der Waals surface area contributed by atoms with Crippen LogP contribution in [-0.4, -0.2) is 59.6 Å². The average Bonchev–Trinajstić information content (AvgIpc) is 3.25. The van der Waals surface area contributed by atoms with Crippen molar-refractivity contribution < 1.29 is 33.0 Å². The Labute approximate surface area is 176 Å². The molecule has 2 amide bonds. The Morgan fingerprint density at radius 3 is 2.23 bits per heavy atom. The number of carboxylic acid groups (broad SMARTS) is 1. The highest BCUT2D eigenvalue weighted by Gasteiger charge is 2.50. The minimum atomic E-state index is -3.28. The molecule has 0 saturated carbocycles. The lowest BCUT2D eigenvalue weighted by atomic mass is 9.98. The number of carboxylic acids is 1. The van der Waals surface area contributed by atoms with Gasteiger partial charge >= 0.3 is 12.1 Å². The van der Waals surface area contributed by atoms with Crippen LogP contribution in [0.25, 0.3) is 11.1 Å². The number of halogens is 2. The standard InChI is InChI=1S/C22H20F2N2O5/c23-22(24)9-18(20(28)29)26(12-22)19(27)10-25-21(30)31-11-17-15-7-3-1-5-13(15)14-6-2-4-8-16(14)17/h1-8,17-18H,9-12H2,(H,25,30)(H,28,29)/t18-/m1/s1. The third-order valence-electron chi connectivity index (χ3n) is 5.60. The summed E-state index contributed by atoms with van der Waals surface area (Å²) in [6.45, 7) is -1.58. The predicted octanol–water partition coefficient (Wildman–Crippen LogP) is 2.85. The van der Waals surface area contributed by atoms with Crippen LogP contribution in [0.2, 0.25) is 0 Å². The zero-order valence-corrected chi connectivity index (χ0v) is 16.4. The minimum absolute atomic E-state index is 0.0353. The minimum Gasteiger partial charge on any atom is -0.480 e. The van der Waals surface area contributed by atoms with E-state index in [4.69, 9.17) is 9.84 Å². The molecule has 1 heterocycles. The molecule has 0 aromatic heterocycles. The highest BCUT2D eigenvalue weighted by atomic mass is 19.3. The predicted molar refractivity (Wildman–Crippen MR) is 106 cm³/mol. The van der Waals surface area contributed by atoms with Gasteiger partial charge < -0.3 is 20.1 Å². The molecule has 0 bridgehead atoms. The molecule has 31 heavy (non-hydrogen) atoms. The van der Waals surface area contributed by atoms with Crippen molar-refractivity contribution in [3.05, 3.63) is 59.7 Å². The van der Waals surface area contributed by atoms with Crippen molar-refractivity contribution >= 4 is 18.0 Å². The van der Waals surface area contributed by atoms with Gasteiger partial charge in [0.05, 0.1) is 6.54 Å². The van der Waals surface area contributed by atoms with Gasteiger partial charge in [0.1, 0.15) is 19.2 Å². The number of rotatable bonds is 5. The third kappa shape index (κ3) is 4.08. The fourth-order valence-electron chi connectivity index (χ4n) is 4.20. The van der Waals surface area contributed by atoms with Crippen molar-refractivity contribution in [1.29, 1.82) is 0 Å². The lowest BCUT2D eigenvalue weighted by Crippen LogP contribution is -2.46. The second-order valence-electron chi connectivity index (χ2n) is 7.61. The first kappa shape index (κ1) is 20.8. The zero-order chi connectivity index (χ0) is 22.2. The molecule has 2 aromatic rings. The van der Waals surface area contributed by atoms with Crippen LogP contribution < -0.4 is 5.32 Å². The molecule has 1 aliphatic heterocycles. The number of aliphatic carboxylic acids is 1. The lowest BCUT2D eigenvalue weighted by molar-refractivity contribution is -0.147. The van der Waals surface area contributed by atoms with Crippen molar-refractivity contribution in [3.8, 4) is 11.1 Å². The molecule has 9 heteroatoms. The Balaban J connectivity index is 1.35. The molecule has 0 spiro atoms. The monoisotopic (exact) mass is 430 g/mol. The maximum Gasteiger partial charge on any atom is 0.407 e. The Bertz CT molecular complexity index is 997. The number of nitrogens with one attached hydrogen (secondary N) is 1. The van der Waals surface area contributed by atoms with Crippen molar-refractivity contribution in [2.75, 3.05) is 19.7 Å². The molecular weight excluding hydrogens is 410 g/mol. The fraction of sp³-hybridized carbons (Fsp3) is 0.318. The molecule has 0 radical (unpaired) electrons. The van der Waals surface area contributed by atoms with Crippen LogP contribution >= 0.6 is 0 Å². The summed E-state index contributed by atoms with van der Waals surface area (Å²) < 4.78 is 32.3. The number of carbonyl (C=O) groups excluding carboxylic acids is 2. The van der Waals surface area contributed by atoms with Gasteiger partial charge in [0.25, 0.3) is 5.92 Å². The number of fused-ring (bicyclic) bond motifs is 3. The van der Waals surface area contributed by atoms with Gasteiger partial charge in [-0.15, -0.1) is 0 Å². The molecule has 2 N–H and O–H groups in total. The molecule has 162 valence electrons. The Hall–Kier alpha value is -3.49. The number of benzene rings is 2. The molecule has 2 aliphatic rings. The number of ether oxygens (including phenoxy) is 1. The first-order chi connectivity index (χ1) is 14.8. The van der Waals surface area contributed by atoms with E-state index in [-0.39, 0.29) is 12.5 Å². The first-order valence-electron chi connectivity index (χ1n) is 9.76. The summed E-state index contributed by atoms with van der Waals surface area (Å²) in [5, 5.41) is 11.3. The van der Waals surface area contributed by atoms with Crippen LogP contribution in [0, 0.1) is 0 Å². The number of amides is 2. The molecule has 1 saturated heterocycles. The summed E-state index contributed by atoms with van der Waals surface area (Å²) in [6, 6.07) is 14.0. The molecule has 7 nitrogen and oxygen atoms in total. The van der Waals surface area contributed by atoms with Gasteiger partial charge in [0.15, 0.2) is 0 Å². The van der Waals surface area contributed by atoms with Crippen LogP contribution in [0.4, 0.5) is 13.6 Å². The maximum atomic E-state index is 13.5. The van der Waals surface area contributed by atoms with Crippen molar-refractivity contribution in [2.45, 2.75) is 24.3 Å². The molecular formula is C22H20F2N2O5. The first-order valence-corrected chi connectivity index (χ1v) is 9.76. The van der Waals surface area contributed by atoms with Crippen LogP contribution in [0.5, 0.6) is 0 Å². The van der Waals surface area contributed by atoms with E-state index >= 15 is 0 Å². The normalized spacial score (nSPS) is 18.9. The van der Waals surface area contributed by atoms with Gasteiger partial charge in [-0.1, -0.05) is 48.5 Å². The number of nitrogens with zero attached hydrogens (tertiary/aromatic N) is 1. The second-order valence-corrected chi connectivity index (χ2v) is 7.61. The summed E-state index contributed by atoms with van der Waals surface area (Å²) in [5.41, 5.74) is 4.18. The third-order valence-corrected chi connectivity index (χ3v) is 5.60. The smallest absolute Gasteiger partial charge is 0.407 e. The van der Waals surface area contributed by atoms with Crippen LogP contribution in [0.3, 0.4) is 0 Å². The van der Waals surface area contributed by atoms with Crippen LogP contribution in [-0.2, 0) is 14.3 Å². The molecule has 2 aromatic carbocycles. The van der Waals surface area contributed by atoms with E-state index in [9.17, 15) is 23.2 Å². The van der Waals surface area contributed by atoms with Gasteiger partial charge in [-0.05, 0) is 22.3 Å². The summed E-state index contributed by atoms with van der Waals surface area (Å²) in [4.78, 5) is 36.0. The number of hydrogen-bond acceptors (Lipinski definition) is 4. The molecule has 4 rings (SSSR count). The molecule has 1 fully saturated rings. The van der Waals surface area contributed by atoms with Crippen LogP contribution in [0.1, 0.15) is 23.5 Å². The van der Waals surface area contributed by atoms with E-state index in [0.717, 1.165) is 22.3 Å². The van der Waals surface area contributed by atoms with Gasteiger partial charge in [-0.2, -0.15) is 0 Å². The highest BCUT2D eigenvalue weighted by molar-refractivity contribution is 5.87. The Kier molecular flexibility index (Phi) is 5.34. The van der Waals surface area contributed by atoms with Gasteiger partial charge in [-0.25, -0.2) is 18.4 Å². The number of carbonyl (C=O) groups is 3. The summed E-state index contributed by atoms with van der Waals surface area (Å²) in [5.74, 6) is -5.85. The maximum absolute atomic E-state index is 13.5. The van der Waals surface area contributed by atoms with E-state index < -0.39 is 49.4 Å². The van der Waals surface area contributed by atoms with E-state index in [2.05, 4.69) is 5.32 Å². The van der Waals surface area contributed by atoms with E-state index in [1.165, 1.54) is 0 Å². The van der Waals surface area contributed by atoms with Gasteiger partial charge in [0, 0.05) is 12.3 Å². The fourth-order valence-corrected chi connectivity index (χ4v) is 4.20. The van der Waals surface area contributed by atoms with E-state index in [1.54, 1.807) is 0 Å². The Morgan fingerprint density at radius 2 is 1.65 bits per heavy atom. The second kappa shape index (κ2) is 7.98. The average molecular weight is 430 g/mol. The zero-order valence-electron chi connectivity index (χ0n) is 16.4. The largest absolute Gasteiger partial charge is 0.480 e. The van der Waals surface area contributed by atoms with Gasteiger partial charge in [-0.3, -0.25) is 4.79 Å². The lowest BCUT2D eigenvalue weighted by Gasteiger charge is -2.21. The Morgan fingerprint density at radius 1 is 1.06 bits per heavy atom. The number of hydrogen-bond donors (Lipinski definition) is 2. The highest BCUT2D eigenvalue weighted by Crippen LogP contribution is 2.44. The van der Waals surface area contributed by atoms with Crippen molar-refractivity contribution in [1.82, 2.24) is 10.2 Å². The van der Waals surface area contributed by atoms with Crippen LogP contribution in [0.15, 0.2) is 48.5 Å². The SMILES string of the molecule is O=C(NCC(=O)N1CC(F)(F)C[C@@H]1C(=O)O)OCC1c2ccccc2-c2ccccc21.